The Kier molecular flexibility index (Phi) is 8.12. The highest BCUT2D eigenvalue weighted by Gasteiger charge is 2.47. The fraction of sp³-hybridized carbons (Fsp3) is 0.444. The topological polar surface area (TPSA) is 111 Å². The van der Waals surface area contributed by atoms with E-state index in [1.165, 1.54) is 0 Å². The van der Waals surface area contributed by atoms with E-state index in [2.05, 4.69) is 20.8 Å². The van der Waals surface area contributed by atoms with Gasteiger partial charge in [-0.3, -0.25) is 0 Å². The van der Waals surface area contributed by atoms with Crippen LogP contribution in [0, 0.1) is 0 Å². The van der Waals surface area contributed by atoms with Crippen LogP contribution in [0.3, 0.4) is 0 Å². The molecule has 1 amide bonds. The summed E-state index contributed by atoms with van der Waals surface area (Å²) >= 11 is 0. The fourth-order valence-corrected chi connectivity index (χ4v) is 3.64. The number of hydrogen-bond donors (Lipinski definition) is 1. The molecule has 0 radical (unpaired) electrons. The van der Waals surface area contributed by atoms with Gasteiger partial charge in [-0.1, -0.05) is 48.5 Å². The average molecular weight is 495 g/mol. The molecule has 0 saturated heterocycles. The van der Waals surface area contributed by atoms with E-state index in [1.54, 1.807) is 59.9 Å². The lowest BCUT2D eigenvalue weighted by atomic mass is 9.83. The monoisotopic (exact) mass is 494 g/mol. The van der Waals surface area contributed by atoms with Crippen molar-refractivity contribution < 1.29 is 23.8 Å². The molecule has 3 atom stereocenters. The Morgan fingerprint density at radius 2 is 1.47 bits per heavy atom. The number of amides is 1. The number of ether oxygens (including phenoxy) is 3. The molecule has 2 aromatic rings. The third kappa shape index (κ3) is 7.37. The van der Waals surface area contributed by atoms with Crippen molar-refractivity contribution in [2.75, 3.05) is 0 Å². The summed E-state index contributed by atoms with van der Waals surface area (Å²) in [6.45, 7) is 10.5. The third-order valence-electron chi connectivity index (χ3n) is 5.10. The van der Waals surface area contributed by atoms with Crippen molar-refractivity contribution in [1.29, 1.82) is 0 Å². The van der Waals surface area contributed by atoms with Crippen LogP contribution in [0.25, 0.3) is 0 Å². The first-order valence-electron chi connectivity index (χ1n) is 11.8. The van der Waals surface area contributed by atoms with Crippen molar-refractivity contribution in [2.24, 2.45) is 15.4 Å². The highest BCUT2D eigenvalue weighted by Crippen LogP contribution is 2.36. The lowest BCUT2D eigenvalue weighted by Crippen LogP contribution is -2.52. The van der Waals surface area contributed by atoms with E-state index in [0.29, 0.717) is 5.75 Å². The number of esters is 1. The second-order valence-corrected chi connectivity index (χ2v) is 10.5. The molecule has 0 aromatic heterocycles. The standard InChI is InChI=1S/C27H34N4O5/c1-25(2,3)35-23(32)21(29-24(33)36-26(4,5)6)17-22(34-20-15-11-8-12-16-20)27(18-28-31-30-27)19-13-9-7-10-14-19/h7-16,18,21-22H,17H2,1-6H3,(H,29,33). The number of benzene rings is 2. The highest BCUT2D eigenvalue weighted by molar-refractivity contribution is 5.82. The minimum Gasteiger partial charge on any atom is -0.487 e. The fourth-order valence-electron chi connectivity index (χ4n) is 3.64. The summed E-state index contributed by atoms with van der Waals surface area (Å²) in [5.74, 6) is -0.0568. The average Bonchev–Trinajstić information content (AvgIpc) is 3.28. The van der Waals surface area contributed by atoms with Gasteiger partial charge in [0.15, 0.2) is 5.54 Å². The van der Waals surface area contributed by atoms with Crippen LogP contribution in [0.15, 0.2) is 76.1 Å². The van der Waals surface area contributed by atoms with Gasteiger partial charge in [-0.25, -0.2) is 9.59 Å². The summed E-state index contributed by atoms with van der Waals surface area (Å²) in [6.07, 6.45) is 0.0653. The maximum atomic E-state index is 13.3. The molecule has 3 unspecified atom stereocenters. The number of alkyl carbamates (subject to hydrolysis) is 1. The molecule has 1 heterocycles. The summed E-state index contributed by atoms with van der Waals surface area (Å²) in [7, 11) is 0. The largest absolute Gasteiger partial charge is 0.487 e. The molecule has 0 aliphatic carbocycles. The first-order chi connectivity index (χ1) is 16.9. The van der Waals surface area contributed by atoms with Crippen LogP contribution in [0.5, 0.6) is 5.75 Å². The summed E-state index contributed by atoms with van der Waals surface area (Å²) < 4.78 is 17.5. The number of rotatable bonds is 8. The zero-order valence-electron chi connectivity index (χ0n) is 21.6. The second kappa shape index (κ2) is 10.9. The highest BCUT2D eigenvalue weighted by atomic mass is 16.6. The predicted molar refractivity (Wildman–Crippen MR) is 136 cm³/mol. The number of carbonyl (C=O) groups is 2. The lowest BCUT2D eigenvalue weighted by molar-refractivity contribution is -0.158. The number of hydrogen-bond acceptors (Lipinski definition) is 8. The minimum absolute atomic E-state index is 0.00296. The lowest BCUT2D eigenvalue weighted by Gasteiger charge is -2.34. The van der Waals surface area contributed by atoms with E-state index in [1.807, 2.05) is 48.5 Å². The summed E-state index contributed by atoms with van der Waals surface area (Å²) in [4.78, 5) is 26.0. The first-order valence-corrected chi connectivity index (χ1v) is 11.8. The molecule has 0 spiro atoms. The predicted octanol–water partition coefficient (Wildman–Crippen LogP) is 5.41. The molecule has 9 heteroatoms. The van der Waals surface area contributed by atoms with Gasteiger partial charge in [-0.2, -0.15) is 0 Å². The molecule has 2 aromatic carbocycles. The van der Waals surface area contributed by atoms with Crippen LogP contribution in [0.2, 0.25) is 0 Å². The SMILES string of the molecule is CC(C)(C)OC(=O)NC(CC(Oc1ccccc1)C1(c2ccccc2)C=NN=N1)C(=O)OC(C)(C)C. The smallest absolute Gasteiger partial charge is 0.408 e. The molecule has 1 aliphatic heterocycles. The van der Waals surface area contributed by atoms with Crippen LogP contribution >= 0.6 is 0 Å². The van der Waals surface area contributed by atoms with Crippen molar-refractivity contribution >= 4 is 18.3 Å². The van der Waals surface area contributed by atoms with E-state index in [-0.39, 0.29) is 6.42 Å². The number of nitrogens with zero attached hydrogens (tertiary/aromatic N) is 3. The molecule has 1 aliphatic rings. The number of para-hydroxylation sites is 1. The van der Waals surface area contributed by atoms with E-state index in [0.717, 1.165) is 5.56 Å². The molecular weight excluding hydrogens is 460 g/mol. The molecule has 36 heavy (non-hydrogen) atoms. The quantitative estimate of drug-likeness (QED) is 0.494. The van der Waals surface area contributed by atoms with Crippen LogP contribution < -0.4 is 10.1 Å². The van der Waals surface area contributed by atoms with E-state index in [9.17, 15) is 9.59 Å². The Balaban J connectivity index is 2.01. The molecular formula is C27H34N4O5. The third-order valence-corrected chi connectivity index (χ3v) is 5.10. The normalized spacial score (nSPS) is 18.8. The van der Waals surface area contributed by atoms with E-state index >= 15 is 0 Å². The Bertz CT molecular complexity index is 1080. The van der Waals surface area contributed by atoms with Gasteiger partial charge in [0.1, 0.15) is 29.1 Å². The zero-order valence-corrected chi connectivity index (χ0v) is 21.6. The maximum Gasteiger partial charge on any atom is 0.408 e. The van der Waals surface area contributed by atoms with Crippen molar-refractivity contribution in [3.05, 3.63) is 66.2 Å². The van der Waals surface area contributed by atoms with E-state index in [4.69, 9.17) is 14.2 Å². The van der Waals surface area contributed by atoms with Crippen LogP contribution in [-0.2, 0) is 19.8 Å². The summed E-state index contributed by atoms with van der Waals surface area (Å²) in [6, 6.07) is 17.5. The van der Waals surface area contributed by atoms with Gasteiger partial charge in [0.2, 0.25) is 0 Å². The molecule has 0 fully saturated rings. The maximum absolute atomic E-state index is 13.3. The van der Waals surface area contributed by atoms with Crippen molar-refractivity contribution in [3.8, 4) is 5.75 Å². The Morgan fingerprint density at radius 1 is 0.889 bits per heavy atom. The van der Waals surface area contributed by atoms with E-state index < -0.39 is 40.9 Å². The van der Waals surface area contributed by atoms with Gasteiger partial charge in [-0.05, 0) is 64.5 Å². The van der Waals surface area contributed by atoms with Crippen molar-refractivity contribution in [3.63, 3.8) is 0 Å². The van der Waals surface area contributed by atoms with Crippen LogP contribution in [-0.4, -0.2) is 41.6 Å². The number of nitrogens with one attached hydrogen (secondary N) is 1. The Morgan fingerprint density at radius 3 is 2.00 bits per heavy atom. The molecule has 0 bridgehead atoms. The molecule has 3 rings (SSSR count). The molecule has 9 nitrogen and oxygen atoms in total. The van der Waals surface area contributed by atoms with Gasteiger partial charge in [0, 0.05) is 6.42 Å². The van der Waals surface area contributed by atoms with Gasteiger partial charge in [0.05, 0.1) is 6.21 Å². The molecule has 0 saturated carbocycles. The number of carbonyl (C=O) groups excluding carboxylic acids is 2. The van der Waals surface area contributed by atoms with Gasteiger partial charge in [0.25, 0.3) is 0 Å². The molecule has 192 valence electrons. The minimum atomic E-state index is -1.13. The van der Waals surface area contributed by atoms with Crippen molar-refractivity contribution in [2.45, 2.75) is 76.9 Å². The Labute approximate surface area is 211 Å². The van der Waals surface area contributed by atoms with Crippen molar-refractivity contribution in [1.82, 2.24) is 5.32 Å². The van der Waals surface area contributed by atoms with Gasteiger partial charge >= 0.3 is 12.1 Å². The van der Waals surface area contributed by atoms with Gasteiger partial charge < -0.3 is 19.5 Å². The Hall–Kier alpha value is -3.75. The van der Waals surface area contributed by atoms with Crippen LogP contribution in [0.1, 0.15) is 53.5 Å². The second-order valence-electron chi connectivity index (χ2n) is 10.5. The summed E-state index contributed by atoms with van der Waals surface area (Å²) in [5, 5.41) is 15.0. The molecule has 1 N–H and O–H groups in total. The van der Waals surface area contributed by atoms with Gasteiger partial charge in [-0.15, -0.1) is 10.2 Å². The van der Waals surface area contributed by atoms with Crippen LogP contribution in [0.4, 0.5) is 4.79 Å². The first kappa shape index (κ1) is 26.8. The summed E-state index contributed by atoms with van der Waals surface area (Å²) in [5.41, 5.74) is -1.88. The zero-order chi connectivity index (χ0) is 26.4.